The van der Waals surface area contributed by atoms with Crippen LogP contribution in [0.2, 0.25) is 0 Å². The second kappa shape index (κ2) is 6.12. The molecular formula is C17H22N4. The van der Waals surface area contributed by atoms with E-state index < -0.39 is 0 Å². The lowest BCUT2D eigenvalue weighted by Gasteiger charge is -2.27. The fourth-order valence-corrected chi connectivity index (χ4v) is 3.00. The van der Waals surface area contributed by atoms with Crippen LogP contribution in [-0.4, -0.2) is 16.5 Å². The summed E-state index contributed by atoms with van der Waals surface area (Å²) in [6.45, 7) is 3.88. The van der Waals surface area contributed by atoms with Crippen molar-refractivity contribution >= 4 is 11.5 Å². The van der Waals surface area contributed by atoms with Gasteiger partial charge in [-0.3, -0.25) is 0 Å². The van der Waals surface area contributed by atoms with Crippen LogP contribution < -0.4 is 10.6 Å². The zero-order valence-corrected chi connectivity index (χ0v) is 12.5. The van der Waals surface area contributed by atoms with Crippen LogP contribution in [0.4, 0.5) is 11.5 Å². The molecule has 2 aromatic rings. The second-order valence-electron chi connectivity index (χ2n) is 5.54. The molecule has 0 atom stereocenters. The molecule has 0 aliphatic heterocycles. The zero-order chi connectivity index (χ0) is 14.7. The summed E-state index contributed by atoms with van der Waals surface area (Å²) in [7, 11) is 0. The Hall–Kier alpha value is -2.10. The third kappa shape index (κ3) is 2.84. The van der Waals surface area contributed by atoms with Crippen molar-refractivity contribution in [2.45, 2.75) is 39.2 Å². The first kappa shape index (κ1) is 13.9. The van der Waals surface area contributed by atoms with Crippen molar-refractivity contribution in [3.05, 3.63) is 47.4 Å². The molecule has 2 N–H and O–H groups in total. The van der Waals surface area contributed by atoms with Gasteiger partial charge in [0.15, 0.2) is 0 Å². The third-order valence-electron chi connectivity index (χ3n) is 4.20. The highest BCUT2D eigenvalue weighted by Gasteiger charge is 2.19. The molecule has 4 nitrogen and oxygen atoms in total. The number of benzene rings is 1. The predicted octanol–water partition coefficient (Wildman–Crippen LogP) is 2.96. The summed E-state index contributed by atoms with van der Waals surface area (Å²) < 4.78 is 0. The number of nitrogen functional groups attached to an aromatic ring is 1. The van der Waals surface area contributed by atoms with Gasteiger partial charge in [0.2, 0.25) is 0 Å². The number of nitrogens with two attached hydrogens (primary N) is 1. The lowest BCUT2D eigenvalue weighted by molar-refractivity contribution is 0.654. The molecule has 0 fully saturated rings. The molecule has 0 unspecified atom stereocenters. The summed E-state index contributed by atoms with van der Waals surface area (Å²) in [4.78, 5) is 11.3. The van der Waals surface area contributed by atoms with Crippen LogP contribution in [0.5, 0.6) is 0 Å². The monoisotopic (exact) mass is 282 g/mol. The van der Waals surface area contributed by atoms with E-state index in [2.05, 4.69) is 27.9 Å². The van der Waals surface area contributed by atoms with Crippen molar-refractivity contribution in [2.24, 2.45) is 0 Å². The summed E-state index contributed by atoms with van der Waals surface area (Å²) in [6, 6.07) is 8.06. The molecule has 0 spiro atoms. The molecule has 0 radical (unpaired) electrons. The van der Waals surface area contributed by atoms with E-state index >= 15 is 0 Å². The molecule has 3 rings (SSSR count). The Morgan fingerprint density at radius 2 is 1.95 bits per heavy atom. The van der Waals surface area contributed by atoms with Gasteiger partial charge in [-0.2, -0.15) is 0 Å². The number of nitrogens with zero attached hydrogens (tertiary/aromatic N) is 3. The molecule has 1 aromatic carbocycles. The van der Waals surface area contributed by atoms with Crippen molar-refractivity contribution in [3.8, 4) is 0 Å². The molecule has 110 valence electrons. The number of rotatable bonds is 4. The van der Waals surface area contributed by atoms with Crippen LogP contribution in [0, 0.1) is 0 Å². The number of anilines is 2. The third-order valence-corrected chi connectivity index (χ3v) is 4.20. The van der Waals surface area contributed by atoms with Gasteiger partial charge in [0.1, 0.15) is 12.1 Å². The Morgan fingerprint density at radius 3 is 2.76 bits per heavy atom. The van der Waals surface area contributed by atoms with Gasteiger partial charge in [0, 0.05) is 30.0 Å². The Morgan fingerprint density at radius 1 is 1.14 bits per heavy atom. The minimum atomic E-state index is 0.798. The summed E-state index contributed by atoms with van der Waals surface area (Å²) >= 11 is 0. The van der Waals surface area contributed by atoms with Crippen LogP contribution in [0.25, 0.3) is 0 Å². The quantitative estimate of drug-likeness (QED) is 0.876. The Kier molecular flexibility index (Phi) is 4.04. The van der Waals surface area contributed by atoms with Crippen LogP contribution >= 0.6 is 0 Å². The normalized spacial score (nSPS) is 13.8. The summed E-state index contributed by atoms with van der Waals surface area (Å²) in [5, 5.41) is 0. The molecule has 1 heterocycles. The first-order valence-electron chi connectivity index (χ1n) is 7.70. The standard InChI is InChI=1S/C17H22N4/c1-2-21(11-13-7-3-5-9-15(13)18)17-14-8-4-6-10-16(14)19-12-20-17/h3,5,7,9,12H,2,4,6,8,10-11,18H2,1H3. The average Bonchev–Trinajstić information content (AvgIpc) is 2.54. The molecule has 4 heteroatoms. The maximum Gasteiger partial charge on any atom is 0.135 e. The highest BCUT2D eigenvalue weighted by molar-refractivity contribution is 5.53. The van der Waals surface area contributed by atoms with Gasteiger partial charge >= 0.3 is 0 Å². The number of hydrogen-bond donors (Lipinski definition) is 1. The van der Waals surface area contributed by atoms with Gasteiger partial charge in [-0.05, 0) is 44.2 Å². The van der Waals surface area contributed by atoms with Crippen LogP contribution in [0.1, 0.15) is 36.6 Å². The minimum absolute atomic E-state index is 0.798. The molecule has 0 amide bonds. The average molecular weight is 282 g/mol. The van der Waals surface area contributed by atoms with E-state index in [-0.39, 0.29) is 0 Å². The largest absolute Gasteiger partial charge is 0.398 e. The SMILES string of the molecule is CCN(Cc1ccccc1N)c1ncnc2c1CCCC2. The first-order valence-corrected chi connectivity index (χ1v) is 7.70. The number of aromatic nitrogens is 2. The molecule has 0 saturated carbocycles. The van der Waals surface area contributed by atoms with E-state index in [0.717, 1.165) is 43.0 Å². The maximum absolute atomic E-state index is 6.08. The van der Waals surface area contributed by atoms with Gasteiger partial charge in [-0.15, -0.1) is 0 Å². The van der Waals surface area contributed by atoms with E-state index in [1.165, 1.54) is 24.1 Å². The Bertz CT molecular complexity index is 624. The molecule has 1 aliphatic rings. The van der Waals surface area contributed by atoms with Gasteiger partial charge in [-0.25, -0.2) is 9.97 Å². The van der Waals surface area contributed by atoms with Crippen LogP contribution in [0.3, 0.4) is 0 Å². The summed E-state index contributed by atoms with van der Waals surface area (Å²) in [6.07, 6.45) is 6.35. The van der Waals surface area contributed by atoms with E-state index in [1.54, 1.807) is 6.33 Å². The highest BCUT2D eigenvalue weighted by Crippen LogP contribution is 2.28. The van der Waals surface area contributed by atoms with Gasteiger partial charge < -0.3 is 10.6 Å². The first-order chi connectivity index (χ1) is 10.3. The molecular weight excluding hydrogens is 260 g/mol. The van der Waals surface area contributed by atoms with Gasteiger partial charge in [0.25, 0.3) is 0 Å². The molecule has 1 aromatic heterocycles. The number of para-hydroxylation sites is 1. The number of aryl methyl sites for hydroxylation is 1. The molecule has 1 aliphatic carbocycles. The van der Waals surface area contributed by atoms with Crippen molar-refractivity contribution in [2.75, 3.05) is 17.2 Å². The molecule has 21 heavy (non-hydrogen) atoms. The van der Waals surface area contributed by atoms with Crippen LogP contribution in [0.15, 0.2) is 30.6 Å². The fourth-order valence-electron chi connectivity index (χ4n) is 3.00. The molecule has 0 bridgehead atoms. The lowest BCUT2D eigenvalue weighted by atomic mass is 9.96. The van der Waals surface area contributed by atoms with Gasteiger partial charge in [-0.1, -0.05) is 18.2 Å². The molecule has 0 saturated heterocycles. The van der Waals surface area contributed by atoms with E-state index in [9.17, 15) is 0 Å². The Balaban J connectivity index is 1.92. The van der Waals surface area contributed by atoms with Crippen LogP contribution in [-0.2, 0) is 19.4 Å². The summed E-state index contributed by atoms with van der Waals surface area (Å²) in [5.74, 6) is 1.09. The fraction of sp³-hybridized carbons (Fsp3) is 0.412. The predicted molar refractivity (Wildman–Crippen MR) is 86.3 cm³/mol. The van der Waals surface area contributed by atoms with Gasteiger partial charge in [0.05, 0.1) is 0 Å². The Labute approximate surface area is 126 Å². The van der Waals surface area contributed by atoms with Crippen molar-refractivity contribution in [3.63, 3.8) is 0 Å². The van der Waals surface area contributed by atoms with E-state index in [1.807, 2.05) is 18.2 Å². The zero-order valence-electron chi connectivity index (χ0n) is 12.5. The lowest BCUT2D eigenvalue weighted by Crippen LogP contribution is -2.26. The van der Waals surface area contributed by atoms with Crippen molar-refractivity contribution in [1.29, 1.82) is 0 Å². The maximum atomic E-state index is 6.08. The number of fused-ring (bicyclic) bond motifs is 1. The minimum Gasteiger partial charge on any atom is -0.398 e. The van der Waals surface area contributed by atoms with E-state index in [0.29, 0.717) is 0 Å². The van der Waals surface area contributed by atoms with Crippen molar-refractivity contribution in [1.82, 2.24) is 9.97 Å². The smallest absolute Gasteiger partial charge is 0.135 e. The summed E-state index contributed by atoms with van der Waals surface area (Å²) in [5.41, 5.74) is 10.6. The second-order valence-corrected chi connectivity index (χ2v) is 5.54. The van der Waals surface area contributed by atoms with E-state index in [4.69, 9.17) is 5.73 Å². The van der Waals surface area contributed by atoms with Crippen molar-refractivity contribution < 1.29 is 0 Å². The highest BCUT2D eigenvalue weighted by atomic mass is 15.2. The number of hydrogen-bond acceptors (Lipinski definition) is 4. The topological polar surface area (TPSA) is 55.0 Å².